The number of carbonyl (C=O) groups excluding carboxylic acids is 1. The lowest BCUT2D eigenvalue weighted by molar-refractivity contribution is -0.131. The Morgan fingerprint density at radius 2 is 1.83 bits per heavy atom. The van der Waals surface area contributed by atoms with Crippen molar-refractivity contribution in [2.24, 2.45) is 5.92 Å². The molecular weight excluding hydrogens is 298 g/mol. The van der Waals surface area contributed by atoms with Crippen LogP contribution in [0.5, 0.6) is 0 Å². The van der Waals surface area contributed by atoms with E-state index in [4.69, 9.17) is 0 Å². The number of carbonyl (C=O) groups is 1. The van der Waals surface area contributed by atoms with Crippen LogP contribution >= 0.6 is 0 Å². The zero-order chi connectivity index (χ0) is 17.1. The molecule has 0 N–H and O–H groups in total. The van der Waals surface area contributed by atoms with Crippen molar-refractivity contribution in [2.75, 3.05) is 26.7 Å². The smallest absolute Gasteiger partial charge is 0.224 e. The molecule has 0 unspecified atom stereocenters. The van der Waals surface area contributed by atoms with Crippen molar-refractivity contribution in [1.29, 1.82) is 0 Å². The quantitative estimate of drug-likeness (QED) is 0.829. The Kier molecular flexibility index (Phi) is 5.65. The molecule has 1 aromatic rings. The summed E-state index contributed by atoms with van der Waals surface area (Å²) in [4.78, 5) is 17.3. The normalized spacial score (nSPS) is 24.6. The van der Waals surface area contributed by atoms with Crippen molar-refractivity contribution < 1.29 is 4.79 Å². The first kappa shape index (κ1) is 17.5. The fourth-order valence-electron chi connectivity index (χ4n) is 4.69. The molecule has 0 aliphatic carbocycles. The lowest BCUT2D eigenvalue weighted by atomic mass is 9.83. The Labute approximate surface area is 146 Å². The second-order valence-corrected chi connectivity index (χ2v) is 7.79. The number of hydrogen-bond donors (Lipinski definition) is 0. The van der Waals surface area contributed by atoms with Crippen LogP contribution < -0.4 is 0 Å². The second kappa shape index (κ2) is 7.73. The van der Waals surface area contributed by atoms with Gasteiger partial charge in [-0.15, -0.1) is 0 Å². The molecule has 3 heterocycles. The summed E-state index contributed by atoms with van der Waals surface area (Å²) in [6.45, 7) is 8.50. The number of piperidine rings is 2. The monoisotopic (exact) mass is 331 g/mol. The van der Waals surface area contributed by atoms with Crippen LogP contribution in [0.1, 0.15) is 49.9 Å². The van der Waals surface area contributed by atoms with E-state index in [2.05, 4.69) is 35.4 Å². The highest BCUT2D eigenvalue weighted by Gasteiger charge is 2.33. The van der Waals surface area contributed by atoms with Gasteiger partial charge in [-0.1, -0.05) is 6.42 Å². The van der Waals surface area contributed by atoms with E-state index in [-0.39, 0.29) is 5.91 Å². The van der Waals surface area contributed by atoms with Gasteiger partial charge in [0.25, 0.3) is 0 Å². The molecule has 0 spiro atoms. The predicted molar refractivity (Wildman–Crippen MR) is 98.1 cm³/mol. The first-order valence-electron chi connectivity index (χ1n) is 9.67. The molecule has 1 amide bonds. The largest absolute Gasteiger partial charge is 0.349 e. The van der Waals surface area contributed by atoms with Crippen molar-refractivity contribution in [1.82, 2.24) is 14.4 Å². The maximum absolute atomic E-state index is 12.6. The summed E-state index contributed by atoms with van der Waals surface area (Å²) in [6.07, 6.45) is 7.23. The van der Waals surface area contributed by atoms with Crippen molar-refractivity contribution >= 4 is 5.91 Å². The van der Waals surface area contributed by atoms with Crippen LogP contribution in [-0.4, -0.2) is 53.0 Å². The van der Waals surface area contributed by atoms with Gasteiger partial charge < -0.3 is 14.4 Å². The summed E-state index contributed by atoms with van der Waals surface area (Å²) >= 11 is 0. The van der Waals surface area contributed by atoms with Crippen molar-refractivity contribution in [2.45, 2.75) is 65.0 Å². The molecule has 24 heavy (non-hydrogen) atoms. The third-order valence-corrected chi connectivity index (χ3v) is 6.13. The topological polar surface area (TPSA) is 28.5 Å². The number of nitrogens with zero attached hydrogens (tertiary/aromatic N) is 3. The van der Waals surface area contributed by atoms with Crippen molar-refractivity contribution in [3.8, 4) is 0 Å². The van der Waals surface area contributed by atoms with Crippen LogP contribution in [0.15, 0.2) is 12.1 Å². The first-order valence-corrected chi connectivity index (χ1v) is 9.67. The molecular formula is C20H33N3O. The number of rotatable bonds is 5. The van der Waals surface area contributed by atoms with Crippen LogP contribution in [0.4, 0.5) is 0 Å². The van der Waals surface area contributed by atoms with Gasteiger partial charge in [0.1, 0.15) is 0 Å². The molecule has 2 aliphatic heterocycles. The lowest BCUT2D eigenvalue weighted by Crippen LogP contribution is -2.51. The molecule has 4 nitrogen and oxygen atoms in total. The van der Waals surface area contributed by atoms with Gasteiger partial charge in [-0.25, -0.2) is 0 Å². The van der Waals surface area contributed by atoms with Gasteiger partial charge in [0.15, 0.2) is 0 Å². The minimum absolute atomic E-state index is 0.287. The maximum Gasteiger partial charge on any atom is 0.224 e. The van der Waals surface area contributed by atoms with E-state index >= 15 is 0 Å². The van der Waals surface area contributed by atoms with Crippen LogP contribution in [0.2, 0.25) is 0 Å². The van der Waals surface area contributed by atoms with E-state index in [1.165, 1.54) is 56.6 Å². The van der Waals surface area contributed by atoms with Crippen LogP contribution in [0, 0.1) is 19.8 Å². The molecule has 0 aromatic carbocycles. The van der Waals surface area contributed by atoms with Gasteiger partial charge in [-0.05, 0) is 70.7 Å². The van der Waals surface area contributed by atoms with E-state index in [0.29, 0.717) is 12.3 Å². The molecule has 3 rings (SSSR count). The molecule has 2 fully saturated rings. The molecule has 4 heteroatoms. The summed E-state index contributed by atoms with van der Waals surface area (Å²) in [5.41, 5.74) is 2.49. The predicted octanol–water partition coefficient (Wildman–Crippen LogP) is 3.22. The summed E-state index contributed by atoms with van der Waals surface area (Å²) in [7, 11) is 2.00. The Balaban J connectivity index is 1.52. The maximum atomic E-state index is 12.6. The van der Waals surface area contributed by atoms with E-state index in [1.807, 2.05) is 11.9 Å². The van der Waals surface area contributed by atoms with Crippen LogP contribution in [0.3, 0.4) is 0 Å². The van der Waals surface area contributed by atoms with Crippen molar-refractivity contribution in [3.63, 3.8) is 0 Å². The average Bonchev–Trinajstić information content (AvgIpc) is 2.91. The minimum atomic E-state index is 0.287. The highest BCUT2D eigenvalue weighted by Crippen LogP contribution is 2.31. The summed E-state index contributed by atoms with van der Waals surface area (Å²) < 4.78 is 2.25. The number of hydrogen-bond acceptors (Lipinski definition) is 2. The Hall–Kier alpha value is -1.29. The Bertz CT molecular complexity index is 544. The average molecular weight is 332 g/mol. The highest BCUT2D eigenvalue weighted by molar-refractivity contribution is 5.75. The first-order chi connectivity index (χ1) is 11.6. The number of aromatic nitrogens is 1. The molecule has 1 aromatic heterocycles. The third-order valence-electron chi connectivity index (χ3n) is 6.13. The number of fused-ring (bicyclic) bond motifs is 1. The van der Waals surface area contributed by atoms with Gasteiger partial charge in [-0.3, -0.25) is 4.79 Å². The second-order valence-electron chi connectivity index (χ2n) is 7.79. The van der Waals surface area contributed by atoms with Gasteiger partial charge in [0.2, 0.25) is 5.91 Å². The summed E-state index contributed by atoms with van der Waals surface area (Å²) in [5.74, 6) is 0.957. The molecule has 0 radical (unpaired) electrons. The number of aryl methyl sites for hydroxylation is 2. The minimum Gasteiger partial charge on any atom is -0.349 e. The molecule has 2 atom stereocenters. The van der Waals surface area contributed by atoms with Crippen LogP contribution in [-0.2, 0) is 11.3 Å². The zero-order valence-electron chi connectivity index (χ0n) is 15.6. The SMILES string of the molecule is Cc1ccc(C)n1CCC(=O)N(C)C[C@@H]1CCCN2CCCC[C@H]12. The molecule has 0 saturated carbocycles. The molecule has 0 bridgehead atoms. The zero-order valence-corrected chi connectivity index (χ0v) is 15.6. The van der Waals surface area contributed by atoms with Crippen LogP contribution in [0.25, 0.3) is 0 Å². The fourth-order valence-corrected chi connectivity index (χ4v) is 4.69. The molecule has 2 aliphatic rings. The summed E-state index contributed by atoms with van der Waals surface area (Å²) in [5, 5.41) is 0. The third kappa shape index (κ3) is 3.85. The number of amides is 1. The van der Waals surface area contributed by atoms with Crippen molar-refractivity contribution in [3.05, 3.63) is 23.5 Å². The van der Waals surface area contributed by atoms with Gasteiger partial charge >= 0.3 is 0 Å². The fraction of sp³-hybridized carbons (Fsp3) is 0.750. The molecule has 134 valence electrons. The van der Waals surface area contributed by atoms with Gasteiger partial charge in [0.05, 0.1) is 0 Å². The van der Waals surface area contributed by atoms with E-state index in [9.17, 15) is 4.79 Å². The Morgan fingerprint density at radius 3 is 2.58 bits per heavy atom. The van der Waals surface area contributed by atoms with Gasteiger partial charge in [-0.2, -0.15) is 0 Å². The van der Waals surface area contributed by atoms with E-state index in [0.717, 1.165) is 19.1 Å². The van der Waals surface area contributed by atoms with E-state index < -0.39 is 0 Å². The molecule has 2 saturated heterocycles. The summed E-state index contributed by atoms with van der Waals surface area (Å²) in [6, 6.07) is 4.98. The van der Waals surface area contributed by atoms with E-state index in [1.54, 1.807) is 0 Å². The standard InChI is InChI=1S/C20H33N3O/c1-16-9-10-17(2)23(16)14-11-20(24)21(3)15-18-7-6-13-22-12-5-4-8-19(18)22/h9-10,18-19H,4-8,11-15H2,1-3H3/t18-,19+/m0/s1. The Morgan fingerprint density at radius 1 is 1.12 bits per heavy atom. The lowest BCUT2D eigenvalue weighted by Gasteiger charge is -2.45. The highest BCUT2D eigenvalue weighted by atomic mass is 16.2. The van der Waals surface area contributed by atoms with Gasteiger partial charge in [0, 0.05) is 44.0 Å².